The fourth-order valence-electron chi connectivity index (χ4n) is 3.61. The van der Waals surface area contributed by atoms with Gasteiger partial charge in [-0.05, 0) is 61.7 Å². The zero-order valence-electron chi connectivity index (χ0n) is 17.9. The molecule has 0 N–H and O–H groups in total. The van der Waals surface area contributed by atoms with Gasteiger partial charge in [-0.25, -0.2) is 4.79 Å². The van der Waals surface area contributed by atoms with Gasteiger partial charge in [-0.3, -0.25) is 9.80 Å². The maximum Gasteiger partial charge on any atom is 0.331 e. The molecule has 0 bridgehead atoms. The van der Waals surface area contributed by atoms with Crippen LogP contribution in [0.25, 0.3) is 5.70 Å². The van der Waals surface area contributed by atoms with Gasteiger partial charge in [-0.2, -0.15) is 5.26 Å². The van der Waals surface area contributed by atoms with Gasteiger partial charge in [-0.15, -0.1) is 11.3 Å². The molecule has 0 fully saturated rings. The molecule has 158 valence electrons. The minimum Gasteiger partial charge on any atom is -0.369 e. The Labute approximate surface area is 190 Å². The van der Waals surface area contributed by atoms with E-state index in [2.05, 4.69) is 28.6 Å². The summed E-state index contributed by atoms with van der Waals surface area (Å²) in [6.07, 6.45) is -0.310. The van der Waals surface area contributed by atoms with Crippen LogP contribution in [0.4, 0.5) is 9.80 Å². The van der Waals surface area contributed by atoms with Gasteiger partial charge in [0.05, 0.1) is 28.2 Å². The maximum absolute atomic E-state index is 13.7. The first kappa shape index (κ1) is 22.5. The van der Waals surface area contributed by atoms with Gasteiger partial charge >= 0.3 is 6.03 Å². The molecule has 1 aromatic heterocycles. The zero-order chi connectivity index (χ0) is 22.2. The molecule has 1 aliphatic rings. The Kier molecular flexibility index (Phi) is 6.42. The lowest BCUT2D eigenvalue weighted by molar-refractivity contribution is 0.0112. The minimum atomic E-state index is -1.04. The van der Waals surface area contributed by atoms with Gasteiger partial charge in [0, 0.05) is 5.56 Å². The summed E-state index contributed by atoms with van der Waals surface area (Å²) in [6, 6.07) is 11.9. The van der Waals surface area contributed by atoms with Crippen molar-refractivity contribution in [3.63, 3.8) is 0 Å². The predicted octanol–water partition coefficient (Wildman–Crippen LogP) is 6.50. The van der Waals surface area contributed by atoms with Crippen molar-refractivity contribution >= 4 is 44.0 Å². The summed E-state index contributed by atoms with van der Waals surface area (Å²) in [7, 11) is 0. The number of benzene rings is 1. The van der Waals surface area contributed by atoms with Crippen LogP contribution in [0.5, 0.6) is 0 Å². The number of nitrogens with zero attached hydrogens (tertiary/aromatic N) is 3. The Morgan fingerprint density at radius 2 is 1.93 bits per heavy atom. The van der Waals surface area contributed by atoms with Crippen LogP contribution in [0.15, 0.2) is 40.7 Å². The molecule has 0 spiro atoms. The van der Waals surface area contributed by atoms with Crippen LogP contribution in [-0.2, 0) is 4.74 Å². The molecule has 2 amide bonds. The number of halogens is 1. The Hall–Kier alpha value is -2.14. The quantitative estimate of drug-likeness (QED) is 0.467. The molecule has 1 aromatic carbocycles. The summed E-state index contributed by atoms with van der Waals surface area (Å²) in [6.45, 7) is 13.9. The molecule has 1 atom stereocenters. The first-order chi connectivity index (χ1) is 14.1. The number of urea groups is 1. The van der Waals surface area contributed by atoms with Gasteiger partial charge in [0.2, 0.25) is 0 Å². The van der Waals surface area contributed by atoms with E-state index >= 15 is 0 Å². The second kappa shape index (κ2) is 8.54. The van der Waals surface area contributed by atoms with Gasteiger partial charge in [0.25, 0.3) is 0 Å². The summed E-state index contributed by atoms with van der Waals surface area (Å²) in [5.41, 5.74) is 2.43. The fraction of sp³-hybridized carbons (Fsp3) is 0.391. The molecule has 0 aliphatic carbocycles. The lowest BCUT2D eigenvalue weighted by Crippen LogP contribution is -2.55. The Morgan fingerprint density at radius 3 is 2.50 bits per heavy atom. The third kappa shape index (κ3) is 4.04. The minimum absolute atomic E-state index is 0.00649. The van der Waals surface area contributed by atoms with E-state index in [4.69, 9.17) is 4.74 Å². The van der Waals surface area contributed by atoms with Crippen molar-refractivity contribution in [2.45, 2.75) is 52.4 Å². The van der Waals surface area contributed by atoms with Crippen LogP contribution in [0.3, 0.4) is 0 Å². The van der Waals surface area contributed by atoms with Crippen LogP contribution >= 0.6 is 27.3 Å². The zero-order valence-corrected chi connectivity index (χ0v) is 20.3. The highest BCUT2D eigenvalue weighted by molar-refractivity contribution is 9.11. The van der Waals surface area contributed by atoms with Gasteiger partial charge in [0.1, 0.15) is 16.6 Å². The molecule has 2 heterocycles. The van der Waals surface area contributed by atoms with Crippen molar-refractivity contribution in [1.82, 2.24) is 4.90 Å². The monoisotopic (exact) mass is 487 g/mol. The Morgan fingerprint density at radius 1 is 1.30 bits per heavy atom. The number of rotatable bonds is 6. The number of thiophene rings is 1. The van der Waals surface area contributed by atoms with Crippen LogP contribution < -0.4 is 4.90 Å². The number of carbonyl (C=O) groups is 1. The summed E-state index contributed by atoms with van der Waals surface area (Å²) >= 11 is 5.12. The van der Waals surface area contributed by atoms with E-state index < -0.39 is 5.54 Å². The molecule has 0 saturated heterocycles. The van der Waals surface area contributed by atoms with Crippen molar-refractivity contribution in [1.29, 1.82) is 5.26 Å². The van der Waals surface area contributed by atoms with E-state index in [-0.39, 0.29) is 18.2 Å². The normalized spacial score (nSPS) is 15.4. The van der Waals surface area contributed by atoms with E-state index in [1.807, 2.05) is 51.1 Å². The average molecular weight is 488 g/mol. The first-order valence-electron chi connectivity index (χ1n) is 9.80. The SMILES string of the molecule is C=C1c2c(sc(Br)c2C)N(C[C@H](OC(C)C)c2ccccc2)C(=O)N1C(C)(C)C#N. The predicted molar refractivity (Wildman–Crippen MR) is 125 cm³/mol. The van der Waals surface area contributed by atoms with E-state index in [9.17, 15) is 10.1 Å². The number of nitriles is 1. The van der Waals surface area contributed by atoms with Crippen LogP contribution in [0.2, 0.25) is 0 Å². The number of carbonyl (C=O) groups excluding carboxylic acids is 1. The molecule has 2 aromatic rings. The Bertz CT molecular complexity index is 1010. The van der Waals surface area contributed by atoms with Crippen molar-refractivity contribution < 1.29 is 9.53 Å². The highest BCUT2D eigenvalue weighted by Crippen LogP contribution is 2.48. The highest BCUT2D eigenvalue weighted by Gasteiger charge is 2.44. The topological polar surface area (TPSA) is 56.6 Å². The number of ether oxygens (including phenoxy) is 1. The smallest absolute Gasteiger partial charge is 0.331 e. The number of hydrogen-bond donors (Lipinski definition) is 0. The van der Waals surface area contributed by atoms with Gasteiger partial charge in [-0.1, -0.05) is 36.9 Å². The van der Waals surface area contributed by atoms with Crippen molar-refractivity contribution in [2.75, 3.05) is 11.4 Å². The van der Waals surface area contributed by atoms with Crippen molar-refractivity contribution in [3.05, 3.63) is 57.4 Å². The standard InChI is InChI=1S/C23H26BrN3O2S/c1-14(2)29-18(17-10-8-7-9-11-17)12-26-21-19(15(3)20(24)30-21)16(4)27(22(26)28)23(5,6)13-25/h7-11,14,18H,4,12H2,1-3,5-6H3/t18-/m0/s1. The van der Waals surface area contributed by atoms with E-state index in [1.54, 1.807) is 18.7 Å². The fourth-order valence-corrected chi connectivity index (χ4v) is 5.33. The van der Waals surface area contributed by atoms with Gasteiger partial charge in [0.15, 0.2) is 0 Å². The molecule has 3 rings (SSSR count). The lowest BCUT2D eigenvalue weighted by Gasteiger charge is -2.43. The molecule has 1 aliphatic heterocycles. The van der Waals surface area contributed by atoms with Gasteiger partial charge < -0.3 is 4.74 Å². The van der Waals surface area contributed by atoms with Crippen LogP contribution in [0.1, 0.15) is 50.5 Å². The van der Waals surface area contributed by atoms with Crippen molar-refractivity contribution in [2.24, 2.45) is 0 Å². The molecule has 5 nitrogen and oxygen atoms in total. The number of anilines is 1. The maximum atomic E-state index is 13.7. The van der Waals surface area contributed by atoms with Crippen LogP contribution in [-0.4, -0.2) is 29.1 Å². The number of amides is 2. The molecule has 0 radical (unpaired) electrons. The van der Waals surface area contributed by atoms with Crippen LogP contribution in [0, 0.1) is 18.3 Å². The van der Waals surface area contributed by atoms with E-state index in [0.29, 0.717) is 12.2 Å². The van der Waals surface area contributed by atoms with E-state index in [0.717, 1.165) is 25.5 Å². The molecule has 7 heteroatoms. The summed E-state index contributed by atoms with van der Waals surface area (Å²) in [4.78, 5) is 16.9. The highest BCUT2D eigenvalue weighted by atomic mass is 79.9. The molecular weight excluding hydrogens is 462 g/mol. The summed E-state index contributed by atoms with van der Waals surface area (Å²) < 4.78 is 7.15. The lowest BCUT2D eigenvalue weighted by atomic mass is 9.99. The number of fused-ring (bicyclic) bond motifs is 1. The Balaban J connectivity index is 2.11. The summed E-state index contributed by atoms with van der Waals surface area (Å²) in [5.74, 6) is 0. The van der Waals surface area contributed by atoms with E-state index in [1.165, 1.54) is 16.2 Å². The second-order valence-corrected chi connectivity index (χ2v) is 10.4. The molecule has 0 unspecified atom stereocenters. The molecule has 0 saturated carbocycles. The van der Waals surface area contributed by atoms with Crippen molar-refractivity contribution in [3.8, 4) is 6.07 Å². The molecule has 30 heavy (non-hydrogen) atoms. The average Bonchev–Trinajstić information content (AvgIpc) is 2.99. The molecular formula is C23H26BrN3O2S. The second-order valence-electron chi connectivity index (χ2n) is 8.11. The third-order valence-electron chi connectivity index (χ3n) is 5.08. The number of hydrogen-bond acceptors (Lipinski definition) is 4. The largest absolute Gasteiger partial charge is 0.369 e. The third-order valence-corrected chi connectivity index (χ3v) is 7.27. The first-order valence-corrected chi connectivity index (χ1v) is 11.4. The summed E-state index contributed by atoms with van der Waals surface area (Å²) in [5, 5.41) is 10.6.